The molecule has 1 nitrogen and oxygen atoms in total. The molecule has 0 saturated heterocycles. The Balaban J connectivity index is 1.24. The van der Waals surface area contributed by atoms with Gasteiger partial charge in [-0.25, -0.2) is 0 Å². The molecule has 0 atom stereocenters. The van der Waals surface area contributed by atoms with Crippen LogP contribution < -0.4 is 4.90 Å². The summed E-state index contributed by atoms with van der Waals surface area (Å²) in [4.78, 5) is 2.47. The Bertz CT molecular complexity index is 3100. The molecule has 0 saturated carbocycles. The van der Waals surface area contributed by atoms with Crippen LogP contribution in [0.25, 0.3) is 88.3 Å². The standard InChI is InChI=1S/C62H43N/c1-7-21-44(22-8-1)50-37-51(45-23-9-2-10-24-45)40-55(39-50)63(56-41-52(46-25-11-3-12-26-46)38-53(42-56)47-27-13-4-14-28-47)54-35-36-59-60(43-54)57-33-19-20-34-58(57)61(48-29-15-5-16-30-48)62(59)49-31-17-6-18-32-49/h1-43H. The zero-order valence-corrected chi connectivity index (χ0v) is 34.8. The molecule has 11 aromatic carbocycles. The predicted octanol–water partition coefficient (Wildman–Crippen LogP) is 17.5. The zero-order valence-electron chi connectivity index (χ0n) is 34.8. The summed E-state index contributed by atoms with van der Waals surface area (Å²) in [6.45, 7) is 0. The largest absolute Gasteiger partial charge is 0.310 e. The van der Waals surface area contributed by atoms with Gasteiger partial charge in [0.15, 0.2) is 0 Å². The van der Waals surface area contributed by atoms with E-state index in [9.17, 15) is 0 Å². The lowest BCUT2D eigenvalue weighted by atomic mass is 9.85. The summed E-state index contributed by atoms with van der Waals surface area (Å²) in [6, 6.07) is 94.9. The highest BCUT2D eigenvalue weighted by atomic mass is 15.1. The Kier molecular flexibility index (Phi) is 9.97. The second-order valence-electron chi connectivity index (χ2n) is 16.1. The number of hydrogen-bond acceptors (Lipinski definition) is 1. The van der Waals surface area contributed by atoms with Crippen molar-refractivity contribution in [3.63, 3.8) is 0 Å². The van der Waals surface area contributed by atoms with Gasteiger partial charge in [0.25, 0.3) is 0 Å². The lowest BCUT2D eigenvalue weighted by Gasteiger charge is -2.29. The third kappa shape index (κ3) is 7.37. The number of nitrogens with zero attached hydrogens (tertiary/aromatic N) is 1. The highest BCUT2D eigenvalue weighted by molar-refractivity contribution is 6.22. The van der Waals surface area contributed by atoms with Gasteiger partial charge in [-0.3, -0.25) is 0 Å². The van der Waals surface area contributed by atoms with E-state index >= 15 is 0 Å². The molecule has 0 fully saturated rings. The first-order valence-corrected chi connectivity index (χ1v) is 21.7. The fourth-order valence-electron chi connectivity index (χ4n) is 9.24. The van der Waals surface area contributed by atoms with Crippen molar-refractivity contribution in [2.45, 2.75) is 0 Å². The average molecular weight is 802 g/mol. The van der Waals surface area contributed by atoms with Crippen LogP contribution in [0.15, 0.2) is 261 Å². The van der Waals surface area contributed by atoms with Crippen molar-refractivity contribution in [2.24, 2.45) is 0 Å². The van der Waals surface area contributed by atoms with Gasteiger partial charge >= 0.3 is 0 Å². The molecule has 296 valence electrons. The minimum atomic E-state index is 1.08. The molecule has 11 rings (SSSR count). The highest BCUT2D eigenvalue weighted by Gasteiger charge is 2.22. The maximum Gasteiger partial charge on any atom is 0.0473 e. The highest BCUT2D eigenvalue weighted by Crippen LogP contribution is 2.48. The maximum absolute atomic E-state index is 2.47. The molecule has 0 amide bonds. The molecule has 0 aliphatic rings. The number of hydrogen-bond donors (Lipinski definition) is 0. The van der Waals surface area contributed by atoms with Crippen molar-refractivity contribution in [3.05, 3.63) is 261 Å². The molecule has 0 bridgehead atoms. The van der Waals surface area contributed by atoms with Crippen molar-refractivity contribution in [1.82, 2.24) is 0 Å². The van der Waals surface area contributed by atoms with E-state index < -0.39 is 0 Å². The van der Waals surface area contributed by atoms with Crippen molar-refractivity contribution in [3.8, 4) is 66.8 Å². The van der Waals surface area contributed by atoms with Crippen LogP contribution in [-0.4, -0.2) is 0 Å². The molecule has 0 N–H and O–H groups in total. The lowest BCUT2D eigenvalue weighted by molar-refractivity contribution is 1.29. The quantitative estimate of drug-likeness (QED) is 0.131. The summed E-state index contributed by atoms with van der Waals surface area (Å²) in [7, 11) is 0. The van der Waals surface area contributed by atoms with Crippen LogP contribution in [0.3, 0.4) is 0 Å². The van der Waals surface area contributed by atoms with Gasteiger partial charge in [-0.1, -0.05) is 212 Å². The summed E-state index contributed by atoms with van der Waals surface area (Å²) in [5, 5.41) is 4.87. The normalized spacial score (nSPS) is 11.2. The zero-order chi connectivity index (χ0) is 42.0. The first-order chi connectivity index (χ1) is 31.2. The van der Waals surface area contributed by atoms with E-state index in [2.05, 4.69) is 266 Å². The SMILES string of the molecule is c1ccc(-c2cc(-c3ccccc3)cc(N(c3cc(-c4ccccc4)cc(-c4ccccc4)c3)c3ccc4c(-c5ccccc5)c(-c5ccccc5)c5ccccc5c4c3)c2)cc1. The van der Waals surface area contributed by atoms with E-state index in [4.69, 9.17) is 0 Å². The van der Waals surface area contributed by atoms with Crippen molar-refractivity contribution in [1.29, 1.82) is 0 Å². The minimum Gasteiger partial charge on any atom is -0.310 e. The van der Waals surface area contributed by atoms with Crippen LogP contribution in [0.5, 0.6) is 0 Å². The lowest BCUT2D eigenvalue weighted by Crippen LogP contribution is -2.11. The first kappa shape index (κ1) is 37.7. The molecule has 0 heterocycles. The van der Waals surface area contributed by atoms with Gasteiger partial charge in [-0.15, -0.1) is 0 Å². The van der Waals surface area contributed by atoms with Crippen LogP contribution >= 0.6 is 0 Å². The Morgan fingerprint density at radius 2 is 0.476 bits per heavy atom. The van der Waals surface area contributed by atoms with Gasteiger partial charge in [0.1, 0.15) is 0 Å². The molecular weight excluding hydrogens is 759 g/mol. The van der Waals surface area contributed by atoms with Gasteiger partial charge in [0.2, 0.25) is 0 Å². The fourth-order valence-corrected chi connectivity index (χ4v) is 9.24. The van der Waals surface area contributed by atoms with Gasteiger partial charge in [0.05, 0.1) is 0 Å². The van der Waals surface area contributed by atoms with E-state index in [-0.39, 0.29) is 0 Å². The molecule has 0 spiro atoms. The van der Waals surface area contributed by atoms with Crippen LogP contribution in [0.2, 0.25) is 0 Å². The second-order valence-corrected chi connectivity index (χ2v) is 16.1. The van der Waals surface area contributed by atoms with Crippen LogP contribution in [0, 0.1) is 0 Å². The molecule has 11 aromatic rings. The molecule has 0 aliphatic heterocycles. The predicted molar refractivity (Wildman–Crippen MR) is 269 cm³/mol. The van der Waals surface area contributed by atoms with E-state index in [0.29, 0.717) is 0 Å². The number of benzene rings is 11. The third-order valence-electron chi connectivity index (χ3n) is 12.2. The second kappa shape index (κ2) is 16.7. The number of rotatable bonds is 9. The van der Waals surface area contributed by atoms with E-state index in [1.165, 1.54) is 66.1 Å². The third-order valence-corrected chi connectivity index (χ3v) is 12.2. The van der Waals surface area contributed by atoms with Crippen molar-refractivity contribution >= 4 is 38.6 Å². The van der Waals surface area contributed by atoms with Crippen LogP contribution in [-0.2, 0) is 0 Å². The van der Waals surface area contributed by atoms with Crippen LogP contribution in [0.4, 0.5) is 17.1 Å². The van der Waals surface area contributed by atoms with E-state index in [0.717, 1.165) is 39.3 Å². The number of fused-ring (bicyclic) bond motifs is 3. The molecule has 0 aromatic heterocycles. The first-order valence-electron chi connectivity index (χ1n) is 21.7. The fraction of sp³-hybridized carbons (Fsp3) is 0. The smallest absolute Gasteiger partial charge is 0.0473 e. The summed E-state index contributed by atoms with van der Waals surface area (Å²) < 4.78 is 0. The molecule has 0 unspecified atom stereocenters. The molecular formula is C62H43N. The van der Waals surface area contributed by atoms with E-state index in [1.807, 2.05) is 0 Å². The summed E-state index contributed by atoms with van der Waals surface area (Å²) >= 11 is 0. The Labute approximate surface area is 369 Å². The van der Waals surface area contributed by atoms with Gasteiger partial charge in [-0.2, -0.15) is 0 Å². The molecule has 0 aliphatic carbocycles. The Morgan fingerprint density at radius 1 is 0.175 bits per heavy atom. The Hall–Kier alpha value is -8.26. The average Bonchev–Trinajstić information content (AvgIpc) is 3.37. The van der Waals surface area contributed by atoms with Crippen molar-refractivity contribution in [2.75, 3.05) is 4.90 Å². The topological polar surface area (TPSA) is 3.24 Å². The molecule has 1 heteroatoms. The summed E-state index contributed by atoms with van der Waals surface area (Å²) in [5.74, 6) is 0. The van der Waals surface area contributed by atoms with Gasteiger partial charge < -0.3 is 4.90 Å². The summed E-state index contributed by atoms with van der Waals surface area (Å²) in [5.41, 5.74) is 17.4. The van der Waals surface area contributed by atoms with Gasteiger partial charge in [-0.05, 0) is 137 Å². The minimum absolute atomic E-state index is 1.08. The molecule has 63 heavy (non-hydrogen) atoms. The summed E-state index contributed by atoms with van der Waals surface area (Å²) in [6.07, 6.45) is 0. The molecule has 0 radical (unpaired) electrons. The van der Waals surface area contributed by atoms with E-state index in [1.54, 1.807) is 0 Å². The van der Waals surface area contributed by atoms with Crippen molar-refractivity contribution < 1.29 is 0 Å². The monoisotopic (exact) mass is 801 g/mol. The van der Waals surface area contributed by atoms with Crippen LogP contribution in [0.1, 0.15) is 0 Å². The van der Waals surface area contributed by atoms with Gasteiger partial charge in [0, 0.05) is 17.1 Å². The Morgan fingerprint density at radius 3 is 0.841 bits per heavy atom. The maximum atomic E-state index is 2.47. The number of anilines is 3.